The summed E-state index contributed by atoms with van der Waals surface area (Å²) in [5.74, 6) is 0.106. The van der Waals surface area contributed by atoms with Gasteiger partial charge in [0.25, 0.3) is 0 Å². The number of carbonyl (C=O) groups excluding carboxylic acids is 1. The molecule has 0 aliphatic carbocycles. The minimum atomic E-state index is 0.106. The molecular weight excluding hydrogens is 240 g/mol. The Labute approximate surface area is 115 Å². The predicted molar refractivity (Wildman–Crippen MR) is 76.5 cm³/mol. The molecule has 0 aromatic heterocycles. The Morgan fingerprint density at radius 3 is 2.79 bits per heavy atom. The summed E-state index contributed by atoms with van der Waals surface area (Å²) < 4.78 is 5.09. The smallest absolute Gasteiger partial charge is 0.220 e. The van der Waals surface area contributed by atoms with Gasteiger partial charge in [-0.3, -0.25) is 4.79 Å². The van der Waals surface area contributed by atoms with E-state index >= 15 is 0 Å². The molecule has 4 nitrogen and oxygen atoms in total. The number of benzene rings is 1. The molecule has 0 spiro atoms. The molecule has 0 saturated carbocycles. The molecule has 0 radical (unpaired) electrons. The van der Waals surface area contributed by atoms with E-state index in [1.54, 1.807) is 7.11 Å². The van der Waals surface area contributed by atoms with Crippen LogP contribution in [0.15, 0.2) is 24.3 Å². The summed E-state index contributed by atoms with van der Waals surface area (Å²) in [5, 5.41) is 2.93. The van der Waals surface area contributed by atoms with Gasteiger partial charge in [0.1, 0.15) is 0 Å². The number of carbonyl (C=O) groups is 1. The Kier molecular flexibility index (Phi) is 7.86. The highest BCUT2D eigenvalue weighted by Crippen LogP contribution is 2.06. The molecule has 0 aliphatic heterocycles. The maximum absolute atomic E-state index is 11.6. The number of methoxy groups -OCH3 is 1. The summed E-state index contributed by atoms with van der Waals surface area (Å²) in [7, 11) is 1.68. The Hall–Kier alpha value is -1.39. The summed E-state index contributed by atoms with van der Waals surface area (Å²) in [5.41, 5.74) is 7.63. The van der Waals surface area contributed by atoms with Crippen molar-refractivity contribution in [1.29, 1.82) is 0 Å². The van der Waals surface area contributed by atoms with Crippen LogP contribution in [-0.4, -0.2) is 19.6 Å². The summed E-state index contributed by atoms with van der Waals surface area (Å²) in [6.45, 7) is 1.88. The van der Waals surface area contributed by atoms with Gasteiger partial charge in [-0.05, 0) is 30.5 Å². The fraction of sp³-hybridized carbons (Fsp3) is 0.533. The van der Waals surface area contributed by atoms with E-state index in [2.05, 4.69) is 11.4 Å². The second-order valence-corrected chi connectivity index (χ2v) is 4.63. The van der Waals surface area contributed by atoms with Crippen LogP contribution in [0.5, 0.6) is 0 Å². The quantitative estimate of drug-likeness (QED) is 0.670. The molecule has 4 heteroatoms. The van der Waals surface area contributed by atoms with Crippen molar-refractivity contribution >= 4 is 5.91 Å². The normalized spacial score (nSPS) is 10.4. The average molecular weight is 264 g/mol. The molecule has 1 rings (SSSR count). The first kappa shape index (κ1) is 15.7. The molecule has 0 saturated heterocycles. The van der Waals surface area contributed by atoms with Gasteiger partial charge < -0.3 is 15.8 Å². The molecule has 19 heavy (non-hydrogen) atoms. The molecule has 0 heterocycles. The van der Waals surface area contributed by atoms with Crippen LogP contribution in [0.25, 0.3) is 0 Å². The first-order valence-corrected chi connectivity index (χ1v) is 6.79. The van der Waals surface area contributed by atoms with Gasteiger partial charge in [0.2, 0.25) is 5.91 Å². The number of hydrogen-bond acceptors (Lipinski definition) is 3. The van der Waals surface area contributed by atoms with E-state index in [1.807, 2.05) is 18.2 Å². The fourth-order valence-corrected chi connectivity index (χ4v) is 1.89. The van der Waals surface area contributed by atoms with Crippen LogP contribution in [0, 0.1) is 0 Å². The lowest BCUT2D eigenvalue weighted by atomic mass is 10.1. The summed E-state index contributed by atoms with van der Waals surface area (Å²) in [4.78, 5) is 11.6. The lowest BCUT2D eigenvalue weighted by Gasteiger charge is -2.07. The van der Waals surface area contributed by atoms with E-state index in [0.29, 0.717) is 26.1 Å². The second-order valence-electron chi connectivity index (χ2n) is 4.63. The Balaban J connectivity index is 2.27. The summed E-state index contributed by atoms with van der Waals surface area (Å²) >= 11 is 0. The number of rotatable bonds is 9. The van der Waals surface area contributed by atoms with Crippen LogP contribution in [0.4, 0.5) is 0 Å². The number of nitrogens with one attached hydrogen (secondary N) is 1. The molecular formula is C15H24N2O2. The van der Waals surface area contributed by atoms with Crippen LogP contribution in [0.2, 0.25) is 0 Å². The van der Waals surface area contributed by atoms with Crippen LogP contribution < -0.4 is 11.1 Å². The lowest BCUT2D eigenvalue weighted by Crippen LogP contribution is -2.22. The summed E-state index contributed by atoms with van der Waals surface area (Å²) in [6, 6.07) is 8.06. The number of unbranched alkanes of at least 4 members (excludes halogenated alkanes) is 2. The standard InChI is InChI=1S/C15H24N2O2/c1-19-12-14-7-5-6-13(10-14)11-17-15(18)8-3-2-4-9-16/h5-7,10H,2-4,8-9,11-12,16H2,1H3,(H,17,18). The molecule has 0 fully saturated rings. The third kappa shape index (κ3) is 6.94. The van der Waals surface area contributed by atoms with Gasteiger partial charge in [-0.1, -0.05) is 30.7 Å². The van der Waals surface area contributed by atoms with Crippen LogP contribution in [0.1, 0.15) is 36.8 Å². The van der Waals surface area contributed by atoms with E-state index in [9.17, 15) is 4.79 Å². The monoisotopic (exact) mass is 264 g/mol. The van der Waals surface area contributed by atoms with E-state index < -0.39 is 0 Å². The first-order valence-electron chi connectivity index (χ1n) is 6.79. The maximum Gasteiger partial charge on any atom is 0.220 e. The van der Waals surface area contributed by atoms with Gasteiger partial charge in [0, 0.05) is 20.1 Å². The molecule has 3 N–H and O–H groups in total. The number of ether oxygens (including phenoxy) is 1. The van der Waals surface area contributed by atoms with Crippen molar-refractivity contribution in [2.45, 2.75) is 38.8 Å². The molecule has 1 aromatic rings. The number of hydrogen-bond donors (Lipinski definition) is 2. The van der Waals surface area contributed by atoms with Crippen molar-refractivity contribution in [3.05, 3.63) is 35.4 Å². The topological polar surface area (TPSA) is 64.3 Å². The average Bonchev–Trinajstić information content (AvgIpc) is 2.42. The zero-order chi connectivity index (χ0) is 13.9. The van der Waals surface area contributed by atoms with Crippen molar-refractivity contribution in [3.8, 4) is 0 Å². The molecule has 0 unspecified atom stereocenters. The zero-order valence-electron chi connectivity index (χ0n) is 11.7. The van der Waals surface area contributed by atoms with Crippen LogP contribution >= 0.6 is 0 Å². The summed E-state index contributed by atoms with van der Waals surface area (Å²) in [6.07, 6.45) is 3.50. The van der Waals surface area contributed by atoms with E-state index in [-0.39, 0.29) is 5.91 Å². The van der Waals surface area contributed by atoms with Crippen molar-refractivity contribution in [3.63, 3.8) is 0 Å². The van der Waals surface area contributed by atoms with Gasteiger partial charge in [-0.25, -0.2) is 0 Å². The highest BCUT2D eigenvalue weighted by molar-refractivity contribution is 5.75. The molecule has 0 bridgehead atoms. The number of amides is 1. The third-order valence-corrected chi connectivity index (χ3v) is 2.90. The Bertz CT molecular complexity index is 380. The third-order valence-electron chi connectivity index (χ3n) is 2.90. The lowest BCUT2D eigenvalue weighted by molar-refractivity contribution is -0.121. The maximum atomic E-state index is 11.6. The highest BCUT2D eigenvalue weighted by atomic mass is 16.5. The fourth-order valence-electron chi connectivity index (χ4n) is 1.89. The second kappa shape index (κ2) is 9.53. The van der Waals surface area contributed by atoms with Crippen molar-refractivity contribution in [2.24, 2.45) is 5.73 Å². The van der Waals surface area contributed by atoms with Gasteiger partial charge >= 0.3 is 0 Å². The highest BCUT2D eigenvalue weighted by Gasteiger charge is 2.01. The van der Waals surface area contributed by atoms with Gasteiger partial charge in [-0.15, -0.1) is 0 Å². The zero-order valence-corrected chi connectivity index (χ0v) is 11.7. The Morgan fingerprint density at radius 2 is 2.05 bits per heavy atom. The minimum absolute atomic E-state index is 0.106. The molecule has 0 aliphatic rings. The van der Waals surface area contributed by atoms with Crippen molar-refractivity contribution in [1.82, 2.24) is 5.32 Å². The SMILES string of the molecule is COCc1cccc(CNC(=O)CCCCCN)c1. The van der Waals surface area contributed by atoms with Gasteiger partial charge in [0.15, 0.2) is 0 Å². The van der Waals surface area contributed by atoms with E-state index in [1.165, 1.54) is 0 Å². The van der Waals surface area contributed by atoms with Crippen molar-refractivity contribution < 1.29 is 9.53 Å². The largest absolute Gasteiger partial charge is 0.380 e. The molecule has 1 amide bonds. The van der Waals surface area contributed by atoms with Crippen LogP contribution in [0.3, 0.4) is 0 Å². The molecule has 106 valence electrons. The minimum Gasteiger partial charge on any atom is -0.380 e. The van der Waals surface area contributed by atoms with Gasteiger partial charge in [0.05, 0.1) is 6.61 Å². The Morgan fingerprint density at radius 1 is 1.26 bits per heavy atom. The van der Waals surface area contributed by atoms with E-state index in [4.69, 9.17) is 10.5 Å². The molecule has 1 aromatic carbocycles. The molecule has 0 atom stereocenters. The van der Waals surface area contributed by atoms with Crippen LogP contribution in [-0.2, 0) is 22.7 Å². The predicted octanol–water partition coefficient (Wildman–Crippen LogP) is 1.97. The number of nitrogens with two attached hydrogens (primary N) is 1. The first-order chi connectivity index (χ1) is 9.26. The van der Waals surface area contributed by atoms with E-state index in [0.717, 1.165) is 30.4 Å². The van der Waals surface area contributed by atoms with Crippen molar-refractivity contribution in [2.75, 3.05) is 13.7 Å². The van der Waals surface area contributed by atoms with Gasteiger partial charge in [-0.2, -0.15) is 0 Å².